The van der Waals surface area contributed by atoms with Crippen LogP contribution in [0, 0.1) is 26.7 Å². The van der Waals surface area contributed by atoms with E-state index in [1.807, 2.05) is 0 Å². The van der Waals surface area contributed by atoms with E-state index in [0.29, 0.717) is 5.92 Å². The molecule has 0 spiro atoms. The van der Waals surface area contributed by atoms with Gasteiger partial charge in [-0.2, -0.15) is 0 Å². The Bertz CT molecular complexity index is 3000. The standard InChI is InChI=1S/C67H70N4/c1-48-8-7-9-56(25-10-48)68(57-26-11-49(2)12-27-57)64-40-42-66(43-41-64)70(60-32-17-52(5)18-33-60)62-36-21-54(22-37-62)55-23-38-63(39-24-55)71(61-34-19-53(6)20-35-61)67-46-44-65(45-47-67)69(58-28-13-50(3)14-29-58)59-30-15-51(4)16-31-59/h8,10-15,17,19-23,25-32,34-44,46-47,51,55-56,65H,7,9,16,18,24,33,45H2,1-6H3. The summed E-state index contributed by atoms with van der Waals surface area (Å²) in [5.74, 6) is 0.850. The van der Waals surface area contributed by atoms with Crippen LogP contribution in [-0.2, 0) is 0 Å². The van der Waals surface area contributed by atoms with Crippen LogP contribution in [0.25, 0.3) is 0 Å². The lowest BCUT2D eigenvalue weighted by molar-refractivity contribution is 0.702. The molecule has 5 aliphatic carbocycles. The van der Waals surface area contributed by atoms with Crippen molar-refractivity contribution in [2.24, 2.45) is 5.92 Å². The molecular formula is C67H70N4. The summed E-state index contributed by atoms with van der Waals surface area (Å²) in [4.78, 5) is 9.95. The van der Waals surface area contributed by atoms with Crippen LogP contribution in [0.15, 0.2) is 240 Å². The van der Waals surface area contributed by atoms with Crippen molar-refractivity contribution in [1.29, 1.82) is 0 Å². The minimum absolute atomic E-state index is 0.213. The van der Waals surface area contributed by atoms with Gasteiger partial charge in [-0.05, 0) is 188 Å². The number of hydrogen-bond donors (Lipinski definition) is 0. The lowest BCUT2D eigenvalue weighted by Gasteiger charge is -2.37. The zero-order valence-corrected chi connectivity index (χ0v) is 42.7. The molecule has 4 atom stereocenters. The summed E-state index contributed by atoms with van der Waals surface area (Å²) in [5, 5.41) is 0. The van der Waals surface area contributed by atoms with E-state index >= 15 is 0 Å². The summed E-state index contributed by atoms with van der Waals surface area (Å²) in [6, 6.07) is 46.1. The molecule has 71 heavy (non-hydrogen) atoms. The monoisotopic (exact) mass is 931 g/mol. The van der Waals surface area contributed by atoms with E-state index in [0.717, 1.165) is 44.9 Å². The van der Waals surface area contributed by atoms with Gasteiger partial charge in [-0.3, -0.25) is 0 Å². The molecule has 5 aliphatic rings. The molecular weight excluding hydrogens is 861 g/mol. The van der Waals surface area contributed by atoms with E-state index < -0.39 is 0 Å². The van der Waals surface area contributed by atoms with Crippen molar-refractivity contribution in [3.8, 4) is 0 Å². The highest BCUT2D eigenvalue weighted by Gasteiger charge is 2.27. The molecule has 0 heterocycles. The molecule has 5 aromatic rings. The van der Waals surface area contributed by atoms with Crippen molar-refractivity contribution in [3.63, 3.8) is 0 Å². The molecule has 4 heteroatoms. The minimum atomic E-state index is 0.213. The smallest absolute Gasteiger partial charge is 0.0561 e. The van der Waals surface area contributed by atoms with Gasteiger partial charge in [-0.15, -0.1) is 0 Å². The second-order valence-electron chi connectivity index (χ2n) is 20.5. The summed E-state index contributed by atoms with van der Waals surface area (Å²) >= 11 is 0. The molecule has 0 aliphatic heterocycles. The average molecular weight is 931 g/mol. The first-order valence-electron chi connectivity index (χ1n) is 26.1. The number of anilines is 6. The fourth-order valence-electron chi connectivity index (χ4n) is 10.6. The van der Waals surface area contributed by atoms with Gasteiger partial charge in [0.1, 0.15) is 0 Å². The SMILES string of the molecule is CC1=CCCC(N(c2ccc(C)cc2)c2ccc(N(C3=CC=C(C)CC3)c3ccc(C4C=CC(N(C5=CCC(N(C6=CCC(C)C=C6)c6ccc(C)cc6)C=C5)c5ccc(C)cc5)=CC4)cc3)cc2)C=C1. The van der Waals surface area contributed by atoms with E-state index in [2.05, 4.69) is 268 Å². The Kier molecular flexibility index (Phi) is 14.3. The van der Waals surface area contributed by atoms with E-state index in [-0.39, 0.29) is 18.0 Å². The minimum Gasteiger partial charge on any atom is -0.335 e. The number of rotatable bonds is 13. The Hall–Kier alpha value is -7.30. The van der Waals surface area contributed by atoms with Crippen LogP contribution >= 0.6 is 0 Å². The second kappa shape index (κ2) is 21.4. The topological polar surface area (TPSA) is 13.0 Å². The average Bonchev–Trinajstić information content (AvgIpc) is 3.62. The summed E-state index contributed by atoms with van der Waals surface area (Å²) in [5.41, 5.74) is 20.1. The predicted molar refractivity (Wildman–Crippen MR) is 304 cm³/mol. The Morgan fingerprint density at radius 3 is 1.46 bits per heavy atom. The lowest BCUT2D eigenvalue weighted by atomic mass is 9.90. The van der Waals surface area contributed by atoms with Crippen LogP contribution in [0.2, 0.25) is 0 Å². The van der Waals surface area contributed by atoms with Gasteiger partial charge in [0.15, 0.2) is 0 Å². The molecule has 0 amide bonds. The van der Waals surface area contributed by atoms with Crippen LogP contribution in [0.3, 0.4) is 0 Å². The molecule has 0 radical (unpaired) electrons. The number of hydrogen-bond acceptors (Lipinski definition) is 4. The summed E-state index contributed by atoms with van der Waals surface area (Å²) < 4.78 is 0. The molecule has 5 aromatic carbocycles. The van der Waals surface area contributed by atoms with Gasteiger partial charge < -0.3 is 19.6 Å². The maximum Gasteiger partial charge on any atom is 0.0561 e. The third-order valence-electron chi connectivity index (χ3n) is 14.9. The highest BCUT2D eigenvalue weighted by Crippen LogP contribution is 2.41. The highest BCUT2D eigenvalue weighted by atomic mass is 15.2. The van der Waals surface area contributed by atoms with Crippen molar-refractivity contribution in [2.75, 3.05) is 19.6 Å². The second-order valence-corrected chi connectivity index (χ2v) is 20.5. The molecule has 0 saturated heterocycles. The molecule has 0 N–H and O–H groups in total. The van der Waals surface area contributed by atoms with Gasteiger partial charge in [0.2, 0.25) is 0 Å². The molecule has 4 unspecified atom stereocenters. The Labute approximate surface area is 424 Å². The maximum atomic E-state index is 2.52. The molecule has 10 rings (SSSR count). The predicted octanol–water partition coefficient (Wildman–Crippen LogP) is 17.8. The van der Waals surface area contributed by atoms with Gasteiger partial charge in [-0.1, -0.05) is 144 Å². The summed E-state index contributed by atoms with van der Waals surface area (Å²) in [6.07, 6.45) is 40.2. The number of aryl methyl sites for hydroxylation is 3. The lowest BCUT2D eigenvalue weighted by Crippen LogP contribution is -2.35. The normalized spacial score (nSPS) is 20.7. The summed E-state index contributed by atoms with van der Waals surface area (Å²) in [7, 11) is 0. The highest BCUT2D eigenvalue weighted by molar-refractivity contribution is 5.74. The van der Waals surface area contributed by atoms with Crippen molar-refractivity contribution >= 4 is 34.1 Å². The number of allylic oxidation sites excluding steroid dienone is 14. The van der Waals surface area contributed by atoms with Crippen LogP contribution < -0.4 is 19.6 Å². The van der Waals surface area contributed by atoms with Crippen LogP contribution in [0.1, 0.15) is 93.9 Å². The van der Waals surface area contributed by atoms with Gasteiger partial charge in [0, 0.05) is 62.8 Å². The fourth-order valence-corrected chi connectivity index (χ4v) is 10.6. The van der Waals surface area contributed by atoms with Gasteiger partial charge >= 0.3 is 0 Å². The van der Waals surface area contributed by atoms with Crippen molar-refractivity contribution in [3.05, 3.63) is 263 Å². The molecule has 0 saturated carbocycles. The first-order valence-corrected chi connectivity index (χ1v) is 26.1. The quantitative estimate of drug-likeness (QED) is 0.117. The van der Waals surface area contributed by atoms with Gasteiger partial charge in [-0.25, -0.2) is 0 Å². The third-order valence-corrected chi connectivity index (χ3v) is 14.9. The van der Waals surface area contributed by atoms with Gasteiger partial charge in [0.05, 0.1) is 12.1 Å². The molecule has 0 bridgehead atoms. The Balaban J connectivity index is 0.891. The van der Waals surface area contributed by atoms with Crippen LogP contribution in [0.5, 0.6) is 0 Å². The van der Waals surface area contributed by atoms with Crippen molar-refractivity contribution < 1.29 is 0 Å². The Morgan fingerprint density at radius 1 is 0.408 bits per heavy atom. The maximum absolute atomic E-state index is 2.52. The van der Waals surface area contributed by atoms with Crippen LogP contribution in [0.4, 0.5) is 34.1 Å². The van der Waals surface area contributed by atoms with E-state index in [1.165, 1.54) is 90.3 Å². The number of benzene rings is 5. The third kappa shape index (κ3) is 10.9. The molecule has 358 valence electrons. The summed E-state index contributed by atoms with van der Waals surface area (Å²) in [6.45, 7) is 13.2. The molecule has 0 aromatic heterocycles. The first kappa shape index (κ1) is 47.4. The Morgan fingerprint density at radius 2 is 0.915 bits per heavy atom. The first-order chi connectivity index (χ1) is 34.6. The zero-order valence-electron chi connectivity index (χ0n) is 42.7. The van der Waals surface area contributed by atoms with E-state index in [1.54, 1.807) is 0 Å². The number of nitrogens with zero attached hydrogens (tertiary/aromatic N) is 4. The van der Waals surface area contributed by atoms with Crippen molar-refractivity contribution in [1.82, 2.24) is 0 Å². The molecule has 0 fully saturated rings. The van der Waals surface area contributed by atoms with Crippen molar-refractivity contribution in [2.45, 2.75) is 104 Å². The van der Waals surface area contributed by atoms with E-state index in [9.17, 15) is 0 Å². The van der Waals surface area contributed by atoms with Gasteiger partial charge in [0.25, 0.3) is 0 Å². The zero-order chi connectivity index (χ0) is 48.8. The van der Waals surface area contributed by atoms with E-state index in [4.69, 9.17) is 0 Å². The largest absolute Gasteiger partial charge is 0.335 e. The fraction of sp³-hybridized carbons (Fsp3) is 0.254. The molecule has 4 nitrogen and oxygen atoms in total. The van der Waals surface area contributed by atoms with Crippen LogP contribution in [-0.4, -0.2) is 12.1 Å².